The lowest BCUT2D eigenvalue weighted by Gasteiger charge is -2.33. The molecule has 4 nitrogen and oxygen atoms in total. The molecule has 2 heterocycles. The number of piperidine rings is 1. The van der Waals surface area contributed by atoms with Crippen LogP contribution >= 0.6 is 0 Å². The third-order valence-electron chi connectivity index (χ3n) is 5.21. The third kappa shape index (κ3) is 3.30. The van der Waals surface area contributed by atoms with Crippen LogP contribution in [-0.4, -0.2) is 39.9 Å². The largest absolute Gasteiger partial charge is 0.393 e. The Bertz CT molecular complexity index is 607. The highest BCUT2D eigenvalue weighted by atomic mass is 19.4. The fourth-order valence-corrected chi connectivity index (χ4v) is 3.42. The number of carbonyl (C=O) groups excluding carboxylic acids is 1. The standard InChI is InChI=1S/C17H24F3N3O/c1-3-11(2)23-15(12-6-7-12)14(9-21-23)16(24)22-8-4-5-13(10-22)17(18,19)20/h9,11-13H,3-8,10H2,1-2H3/t11-,13+/m0/s1. The molecule has 1 aliphatic carbocycles. The van der Waals surface area contributed by atoms with E-state index in [4.69, 9.17) is 0 Å². The number of likely N-dealkylation sites (tertiary alicyclic amines) is 1. The molecule has 2 aliphatic rings. The quantitative estimate of drug-likeness (QED) is 0.824. The highest BCUT2D eigenvalue weighted by molar-refractivity contribution is 5.95. The van der Waals surface area contributed by atoms with E-state index in [1.165, 1.54) is 4.90 Å². The number of halogens is 3. The van der Waals surface area contributed by atoms with E-state index < -0.39 is 12.1 Å². The van der Waals surface area contributed by atoms with Crippen molar-refractivity contribution in [3.63, 3.8) is 0 Å². The Balaban J connectivity index is 1.83. The van der Waals surface area contributed by atoms with Gasteiger partial charge in [-0.25, -0.2) is 0 Å². The van der Waals surface area contributed by atoms with Gasteiger partial charge in [-0.05, 0) is 39.0 Å². The van der Waals surface area contributed by atoms with Crippen molar-refractivity contribution in [2.75, 3.05) is 13.1 Å². The smallest absolute Gasteiger partial charge is 0.338 e. The lowest BCUT2D eigenvalue weighted by Crippen LogP contribution is -2.44. The molecule has 2 fully saturated rings. The Morgan fingerprint density at radius 2 is 2.08 bits per heavy atom. The second-order valence-corrected chi connectivity index (χ2v) is 7.05. The maximum absolute atomic E-state index is 13.0. The molecule has 1 aliphatic heterocycles. The van der Waals surface area contributed by atoms with E-state index in [9.17, 15) is 18.0 Å². The highest BCUT2D eigenvalue weighted by Gasteiger charge is 2.43. The Labute approximate surface area is 140 Å². The zero-order valence-corrected chi connectivity index (χ0v) is 14.1. The molecule has 1 amide bonds. The fourth-order valence-electron chi connectivity index (χ4n) is 3.42. The number of rotatable bonds is 4. The summed E-state index contributed by atoms with van der Waals surface area (Å²) in [7, 11) is 0. The topological polar surface area (TPSA) is 38.1 Å². The van der Waals surface area contributed by atoms with Crippen LogP contribution in [0.4, 0.5) is 13.2 Å². The van der Waals surface area contributed by atoms with Gasteiger partial charge in [0, 0.05) is 25.0 Å². The van der Waals surface area contributed by atoms with Crippen molar-refractivity contribution in [2.24, 2.45) is 5.92 Å². The Morgan fingerprint density at radius 3 is 2.67 bits per heavy atom. The van der Waals surface area contributed by atoms with Crippen LogP contribution < -0.4 is 0 Å². The van der Waals surface area contributed by atoms with Crippen LogP contribution in [0.25, 0.3) is 0 Å². The van der Waals surface area contributed by atoms with E-state index in [-0.39, 0.29) is 24.9 Å². The van der Waals surface area contributed by atoms with Gasteiger partial charge in [-0.3, -0.25) is 9.48 Å². The Kier molecular flexibility index (Phi) is 4.62. The van der Waals surface area contributed by atoms with Gasteiger partial charge in [-0.1, -0.05) is 6.92 Å². The monoisotopic (exact) mass is 343 g/mol. The second-order valence-electron chi connectivity index (χ2n) is 7.05. The van der Waals surface area contributed by atoms with Crippen LogP contribution in [0.3, 0.4) is 0 Å². The van der Waals surface area contributed by atoms with Crippen LogP contribution in [0.1, 0.15) is 74.0 Å². The van der Waals surface area contributed by atoms with Gasteiger partial charge in [0.15, 0.2) is 0 Å². The molecule has 0 aromatic carbocycles. The number of amides is 1. The summed E-state index contributed by atoms with van der Waals surface area (Å²) in [5.41, 5.74) is 1.42. The zero-order valence-electron chi connectivity index (χ0n) is 14.1. The average Bonchev–Trinajstić information content (AvgIpc) is 3.31. The van der Waals surface area contributed by atoms with Crippen molar-refractivity contribution in [1.82, 2.24) is 14.7 Å². The molecule has 0 N–H and O–H groups in total. The first-order valence-corrected chi connectivity index (χ1v) is 8.76. The van der Waals surface area contributed by atoms with Crippen molar-refractivity contribution < 1.29 is 18.0 Å². The first-order chi connectivity index (χ1) is 11.3. The maximum Gasteiger partial charge on any atom is 0.393 e. The number of alkyl halides is 3. The van der Waals surface area contributed by atoms with Crippen molar-refractivity contribution in [2.45, 2.75) is 64.1 Å². The van der Waals surface area contributed by atoms with Gasteiger partial charge in [-0.2, -0.15) is 18.3 Å². The molecule has 1 saturated carbocycles. The molecule has 0 unspecified atom stereocenters. The highest BCUT2D eigenvalue weighted by Crippen LogP contribution is 2.43. The number of hydrogen-bond donors (Lipinski definition) is 0. The van der Waals surface area contributed by atoms with Gasteiger partial charge in [0.25, 0.3) is 5.91 Å². The van der Waals surface area contributed by atoms with E-state index in [1.54, 1.807) is 6.20 Å². The van der Waals surface area contributed by atoms with Crippen molar-refractivity contribution in [3.8, 4) is 0 Å². The summed E-state index contributed by atoms with van der Waals surface area (Å²) in [5, 5.41) is 4.38. The van der Waals surface area contributed by atoms with Crippen LogP contribution in [0.5, 0.6) is 0 Å². The summed E-state index contributed by atoms with van der Waals surface area (Å²) < 4.78 is 40.9. The minimum atomic E-state index is -4.24. The maximum atomic E-state index is 13.0. The predicted octanol–water partition coefficient (Wildman–Crippen LogP) is 4.15. The van der Waals surface area contributed by atoms with Crippen LogP contribution in [0.2, 0.25) is 0 Å². The molecule has 7 heteroatoms. The van der Waals surface area contributed by atoms with Gasteiger partial charge < -0.3 is 4.90 Å². The summed E-state index contributed by atoms with van der Waals surface area (Å²) in [4.78, 5) is 14.2. The summed E-state index contributed by atoms with van der Waals surface area (Å²) in [6.07, 6.45) is 0.762. The lowest BCUT2D eigenvalue weighted by atomic mass is 9.96. The first-order valence-electron chi connectivity index (χ1n) is 8.76. The van der Waals surface area contributed by atoms with Gasteiger partial charge >= 0.3 is 6.18 Å². The van der Waals surface area contributed by atoms with Gasteiger partial charge in [-0.15, -0.1) is 0 Å². The lowest BCUT2D eigenvalue weighted by molar-refractivity contribution is -0.184. The van der Waals surface area contributed by atoms with Crippen molar-refractivity contribution in [1.29, 1.82) is 0 Å². The fraction of sp³-hybridized carbons (Fsp3) is 0.765. The van der Waals surface area contributed by atoms with E-state index in [0.717, 1.165) is 25.0 Å². The minimum absolute atomic E-state index is 0.106. The SMILES string of the molecule is CC[C@H](C)n1ncc(C(=O)N2CCC[C@@H](C(F)(F)F)C2)c1C1CC1. The second kappa shape index (κ2) is 6.41. The van der Waals surface area contributed by atoms with E-state index in [1.807, 2.05) is 11.6 Å². The number of nitrogens with zero attached hydrogens (tertiary/aromatic N) is 3. The summed E-state index contributed by atoms with van der Waals surface area (Å²) in [5.74, 6) is -1.38. The predicted molar refractivity (Wildman–Crippen MR) is 83.9 cm³/mol. The minimum Gasteiger partial charge on any atom is -0.338 e. The molecule has 24 heavy (non-hydrogen) atoms. The first kappa shape index (κ1) is 17.3. The number of aromatic nitrogens is 2. The van der Waals surface area contributed by atoms with Crippen LogP contribution in [0.15, 0.2) is 6.20 Å². The number of carbonyl (C=O) groups is 1. The van der Waals surface area contributed by atoms with E-state index >= 15 is 0 Å². The van der Waals surface area contributed by atoms with Crippen molar-refractivity contribution >= 4 is 5.91 Å². The molecule has 134 valence electrons. The Hall–Kier alpha value is -1.53. The molecule has 1 aromatic rings. The third-order valence-corrected chi connectivity index (χ3v) is 5.21. The van der Waals surface area contributed by atoms with Gasteiger partial charge in [0.2, 0.25) is 0 Å². The van der Waals surface area contributed by atoms with Crippen LogP contribution in [-0.2, 0) is 0 Å². The van der Waals surface area contributed by atoms with E-state index in [2.05, 4.69) is 12.0 Å². The summed E-state index contributed by atoms with van der Waals surface area (Å²) in [6.45, 7) is 4.27. The van der Waals surface area contributed by atoms with Crippen molar-refractivity contribution in [3.05, 3.63) is 17.5 Å². The summed E-state index contributed by atoms with van der Waals surface area (Å²) in [6, 6.07) is 0.187. The molecule has 0 spiro atoms. The van der Waals surface area contributed by atoms with Crippen LogP contribution in [0, 0.1) is 5.92 Å². The zero-order chi connectivity index (χ0) is 17.5. The van der Waals surface area contributed by atoms with Gasteiger partial charge in [0.05, 0.1) is 23.4 Å². The molecular formula is C17H24F3N3O. The molecule has 0 radical (unpaired) electrons. The van der Waals surface area contributed by atoms with E-state index in [0.29, 0.717) is 24.4 Å². The summed E-state index contributed by atoms with van der Waals surface area (Å²) >= 11 is 0. The Morgan fingerprint density at radius 1 is 1.38 bits per heavy atom. The molecule has 2 atom stereocenters. The van der Waals surface area contributed by atoms with Gasteiger partial charge in [0.1, 0.15) is 0 Å². The normalized spacial score (nSPS) is 23.4. The molecule has 3 rings (SSSR count). The molecular weight excluding hydrogens is 319 g/mol. The molecule has 0 bridgehead atoms. The molecule has 1 saturated heterocycles. The average molecular weight is 343 g/mol. The number of hydrogen-bond acceptors (Lipinski definition) is 2. The molecule has 1 aromatic heterocycles.